The Morgan fingerprint density at radius 2 is 1.39 bits per heavy atom. The number of carbonyl (C=O) groups is 3. The number of thiazole rings is 1. The van der Waals surface area contributed by atoms with Gasteiger partial charge in [0.1, 0.15) is 17.4 Å². The molecule has 1 unspecified atom stereocenters. The van der Waals surface area contributed by atoms with Crippen molar-refractivity contribution < 1.29 is 47.5 Å². The van der Waals surface area contributed by atoms with Crippen LogP contribution < -0.4 is 20.3 Å². The van der Waals surface area contributed by atoms with Crippen LogP contribution in [0.5, 0.6) is 5.75 Å². The molecule has 1 aliphatic heterocycles. The molecule has 1 aromatic heterocycles. The minimum Gasteiger partial charge on any atom is -0.491 e. The van der Waals surface area contributed by atoms with E-state index in [1.165, 1.54) is 17.4 Å². The van der Waals surface area contributed by atoms with Gasteiger partial charge in [0, 0.05) is 59.5 Å². The normalized spacial score (nSPS) is 14.7. The maximum absolute atomic E-state index is 13.0. The van der Waals surface area contributed by atoms with Crippen LogP contribution in [0.2, 0.25) is 5.02 Å². The van der Waals surface area contributed by atoms with E-state index in [-0.39, 0.29) is 35.5 Å². The molecule has 74 heavy (non-hydrogen) atoms. The van der Waals surface area contributed by atoms with Crippen LogP contribution >= 0.6 is 22.9 Å². The Hall–Kier alpha value is -6.00. The van der Waals surface area contributed by atoms with E-state index in [2.05, 4.69) is 40.4 Å². The minimum absolute atomic E-state index is 0.00328. The van der Waals surface area contributed by atoms with Gasteiger partial charge in [0.15, 0.2) is 5.78 Å². The number of amides is 2. The molecule has 6 rings (SSSR count). The standard InChI is InChI=1S/C57H68ClN5O10S/c1-5-7-51(62-57(66)53(59-4)40-56-60-23-37-74-56)44-13-20-49(21-14-44)73-36-35-72-34-33-71-32-31-70-30-29-69-28-27-68-26-25-67-24-6-8-55(65)45-11-9-43(10-12-45)46-15-22-54-50(39-46)52(38-41(2)63(54)42(3)64)61-48-18-16-47(58)17-19-48/h9-23,37,39-41,51-52,61H,5-8,24-36,38H2,1-3H3,(H,62,66)/b53-40-/t41-,51?,52+/m0/s1. The predicted molar refractivity (Wildman–Crippen MR) is 290 cm³/mol. The largest absolute Gasteiger partial charge is 0.491 e. The number of nitrogens with one attached hydrogen (secondary N) is 2. The molecule has 17 heteroatoms. The van der Waals surface area contributed by atoms with Crippen LogP contribution in [0.25, 0.3) is 22.0 Å². The molecular weight excluding hydrogens is 982 g/mol. The summed E-state index contributed by atoms with van der Waals surface area (Å²) < 4.78 is 39.5. The molecule has 2 amide bonds. The SMILES string of the molecule is [C-]#[N+]/C(=C\c1nccs1)C(=O)NC(CCC)c1ccc(OCCOCCOCCOCCOCCOCCOCCCC(=O)c2ccc(-c3ccc4c(c3)[C@H](Nc3ccc(Cl)cc3)C[C@H](C)N4C(C)=O)cc2)cc1. The van der Waals surface area contributed by atoms with Gasteiger partial charge < -0.3 is 48.7 Å². The lowest BCUT2D eigenvalue weighted by Crippen LogP contribution is -2.43. The van der Waals surface area contributed by atoms with Gasteiger partial charge in [-0.1, -0.05) is 67.4 Å². The van der Waals surface area contributed by atoms with Crippen LogP contribution in [0, 0.1) is 6.57 Å². The summed E-state index contributed by atoms with van der Waals surface area (Å²) in [5, 5.41) is 9.73. The van der Waals surface area contributed by atoms with Gasteiger partial charge in [0.25, 0.3) is 11.6 Å². The maximum Gasteiger partial charge on any atom is 0.252 e. The fraction of sp³-hybridized carbons (Fsp3) is 0.421. The second kappa shape index (κ2) is 31.7. The van der Waals surface area contributed by atoms with Crippen LogP contribution in [-0.4, -0.2) is 115 Å². The lowest BCUT2D eigenvalue weighted by Gasteiger charge is -2.39. The summed E-state index contributed by atoms with van der Waals surface area (Å²) >= 11 is 7.50. The number of halogens is 1. The molecule has 0 spiro atoms. The topological polar surface area (TPSA) is 160 Å². The van der Waals surface area contributed by atoms with E-state index in [1.807, 2.05) is 89.8 Å². The third-order valence-electron chi connectivity index (χ3n) is 12.0. The monoisotopic (exact) mass is 1050 g/mol. The first-order valence-corrected chi connectivity index (χ1v) is 26.5. The molecule has 394 valence electrons. The highest BCUT2D eigenvalue weighted by Gasteiger charge is 2.33. The first-order chi connectivity index (χ1) is 36.1. The Labute approximate surface area is 444 Å². The van der Waals surface area contributed by atoms with Crippen LogP contribution in [0.15, 0.2) is 108 Å². The van der Waals surface area contributed by atoms with Crippen molar-refractivity contribution in [2.24, 2.45) is 0 Å². The third-order valence-corrected chi connectivity index (χ3v) is 13.0. The average molecular weight is 1050 g/mol. The Morgan fingerprint density at radius 3 is 1.96 bits per heavy atom. The van der Waals surface area contributed by atoms with Crippen molar-refractivity contribution in [3.63, 3.8) is 0 Å². The summed E-state index contributed by atoms with van der Waals surface area (Å²) in [6, 6.07) is 28.9. The van der Waals surface area contributed by atoms with Crippen molar-refractivity contribution in [3.8, 4) is 16.9 Å². The predicted octanol–water partition coefficient (Wildman–Crippen LogP) is 10.8. The number of hydrogen-bond acceptors (Lipinski definition) is 13. The second-order valence-electron chi connectivity index (χ2n) is 17.5. The molecule has 1 aliphatic rings. The number of rotatable bonds is 33. The highest BCUT2D eigenvalue weighted by molar-refractivity contribution is 7.10. The Balaban J connectivity index is 0.729. The number of nitrogens with zero attached hydrogens (tertiary/aromatic N) is 3. The number of benzene rings is 4. The molecule has 0 radical (unpaired) electrons. The molecule has 5 aromatic rings. The number of anilines is 2. The van der Waals surface area contributed by atoms with Crippen molar-refractivity contribution in [2.75, 3.05) is 96.1 Å². The number of aromatic nitrogens is 1. The zero-order valence-electron chi connectivity index (χ0n) is 42.6. The van der Waals surface area contributed by atoms with E-state index in [0.29, 0.717) is 120 Å². The van der Waals surface area contributed by atoms with Crippen molar-refractivity contribution in [1.29, 1.82) is 0 Å². The first-order valence-electron chi connectivity index (χ1n) is 25.2. The van der Waals surface area contributed by atoms with Crippen LogP contribution in [0.4, 0.5) is 11.4 Å². The number of ketones is 1. The fourth-order valence-electron chi connectivity index (χ4n) is 8.37. The van der Waals surface area contributed by atoms with Gasteiger partial charge in [0.05, 0.1) is 91.3 Å². The van der Waals surface area contributed by atoms with E-state index in [1.54, 1.807) is 18.5 Å². The van der Waals surface area contributed by atoms with Crippen LogP contribution in [0.1, 0.15) is 91.5 Å². The lowest BCUT2D eigenvalue weighted by molar-refractivity contribution is -0.118. The summed E-state index contributed by atoms with van der Waals surface area (Å²) in [7, 11) is 0. The number of ether oxygens (including phenoxy) is 7. The molecule has 2 heterocycles. The van der Waals surface area contributed by atoms with Gasteiger partial charge in [0.2, 0.25) is 5.91 Å². The summed E-state index contributed by atoms with van der Waals surface area (Å²) in [6.07, 6.45) is 6.49. The lowest BCUT2D eigenvalue weighted by atomic mass is 9.88. The van der Waals surface area contributed by atoms with Gasteiger partial charge in [-0.2, -0.15) is 0 Å². The molecule has 0 aliphatic carbocycles. The molecule has 2 N–H and O–H groups in total. The van der Waals surface area contributed by atoms with Gasteiger partial charge in [-0.05, 0) is 103 Å². The number of Topliss-reactive ketones (excluding diaryl/α,β-unsaturated/α-hetero) is 1. The Kier molecular flexibility index (Phi) is 24.5. The van der Waals surface area contributed by atoms with Crippen LogP contribution in [0.3, 0.4) is 0 Å². The highest BCUT2D eigenvalue weighted by atomic mass is 35.5. The highest BCUT2D eigenvalue weighted by Crippen LogP contribution is 2.41. The van der Waals surface area contributed by atoms with E-state index >= 15 is 0 Å². The summed E-state index contributed by atoms with van der Waals surface area (Å²) in [4.78, 5) is 47.9. The first kappa shape index (κ1) is 57.3. The summed E-state index contributed by atoms with van der Waals surface area (Å²) in [5.74, 6) is 0.354. The molecular formula is C57H68ClN5O10S. The van der Waals surface area contributed by atoms with Crippen molar-refractivity contribution in [3.05, 3.63) is 146 Å². The minimum atomic E-state index is -0.421. The van der Waals surface area contributed by atoms with Gasteiger partial charge in [-0.25, -0.2) is 9.83 Å². The van der Waals surface area contributed by atoms with Crippen molar-refractivity contribution >= 4 is 58.0 Å². The van der Waals surface area contributed by atoms with Crippen molar-refractivity contribution in [2.45, 2.75) is 71.0 Å². The van der Waals surface area contributed by atoms with Crippen molar-refractivity contribution in [1.82, 2.24) is 10.3 Å². The quantitative estimate of drug-likeness (QED) is 0.0177. The fourth-order valence-corrected chi connectivity index (χ4v) is 9.05. The Bertz CT molecular complexity index is 2560. The van der Waals surface area contributed by atoms with E-state index in [9.17, 15) is 14.4 Å². The molecule has 0 bridgehead atoms. The zero-order valence-corrected chi connectivity index (χ0v) is 44.1. The average Bonchev–Trinajstić information content (AvgIpc) is 3.93. The molecule has 3 atom stereocenters. The molecule has 0 saturated carbocycles. The van der Waals surface area contributed by atoms with E-state index < -0.39 is 5.91 Å². The summed E-state index contributed by atoms with van der Waals surface area (Å²) in [5.41, 5.74) is 6.51. The van der Waals surface area contributed by atoms with Gasteiger partial charge in [-0.15, -0.1) is 11.3 Å². The third kappa shape index (κ3) is 18.7. The molecule has 15 nitrogen and oxygen atoms in total. The Morgan fingerprint density at radius 1 is 0.797 bits per heavy atom. The smallest absolute Gasteiger partial charge is 0.252 e. The number of carbonyl (C=O) groups excluding carboxylic acids is 3. The maximum atomic E-state index is 13.0. The van der Waals surface area contributed by atoms with Crippen LogP contribution in [-0.2, 0) is 38.0 Å². The number of fused-ring (bicyclic) bond motifs is 1. The van der Waals surface area contributed by atoms with E-state index in [0.717, 1.165) is 52.9 Å². The summed E-state index contributed by atoms with van der Waals surface area (Å²) in [6.45, 7) is 18.9. The molecule has 0 saturated heterocycles. The van der Waals surface area contributed by atoms with Gasteiger partial charge >= 0.3 is 0 Å². The molecule has 0 fully saturated rings. The van der Waals surface area contributed by atoms with E-state index in [4.69, 9.17) is 51.3 Å². The number of hydrogen-bond donors (Lipinski definition) is 2. The molecule has 4 aromatic carbocycles. The second-order valence-corrected chi connectivity index (χ2v) is 18.8. The van der Waals surface area contributed by atoms with Gasteiger partial charge in [-0.3, -0.25) is 14.4 Å². The zero-order chi connectivity index (χ0) is 52.3.